The number of aromatic nitrogens is 4. The molecule has 2 heterocycles. The number of carbonyl (C=O) groups excluding carboxylic acids is 2. The van der Waals surface area contributed by atoms with Crippen LogP contribution in [0.15, 0.2) is 85.2 Å². The number of hydrogen-bond acceptors (Lipinski definition) is 6. The Bertz CT molecular complexity index is 2280. The Hall–Kier alpha value is -6.26. The van der Waals surface area contributed by atoms with Crippen LogP contribution in [-0.2, 0) is 14.1 Å². The smallest absolute Gasteiger partial charge is 0.323 e. The third-order valence-electron chi connectivity index (χ3n) is 7.37. The van der Waals surface area contributed by atoms with Gasteiger partial charge in [-0.3, -0.25) is 9.36 Å². The van der Waals surface area contributed by atoms with Crippen molar-refractivity contribution in [3.8, 4) is 34.0 Å². The fourth-order valence-electron chi connectivity index (χ4n) is 4.95. The quantitative estimate of drug-likeness (QED) is 0.0809. The first-order valence-corrected chi connectivity index (χ1v) is 15.9. The molecule has 0 radical (unpaired) electrons. The second-order valence-electron chi connectivity index (χ2n) is 11.0. The van der Waals surface area contributed by atoms with Gasteiger partial charge in [-0.25, -0.2) is 27.2 Å². The maximum Gasteiger partial charge on any atom is 0.323 e. The molecule has 0 unspecified atom stereocenters. The van der Waals surface area contributed by atoms with Gasteiger partial charge < -0.3 is 31.1 Å². The van der Waals surface area contributed by atoms with Crippen LogP contribution < -0.4 is 26.0 Å². The third kappa shape index (κ3) is 9.16. The van der Waals surface area contributed by atoms with Gasteiger partial charge in [0, 0.05) is 48.7 Å². The Kier molecular flexibility index (Phi) is 11.7. The molecule has 274 valence electrons. The molecule has 0 saturated carbocycles. The molecule has 4 aromatic carbocycles. The molecule has 0 aliphatic heterocycles. The number of halogens is 6. The molecule has 18 heteroatoms. The van der Waals surface area contributed by atoms with E-state index in [1.165, 1.54) is 42.4 Å². The van der Waals surface area contributed by atoms with Crippen molar-refractivity contribution in [2.75, 3.05) is 28.4 Å². The van der Waals surface area contributed by atoms with E-state index >= 15 is 0 Å². The van der Waals surface area contributed by atoms with Crippen molar-refractivity contribution in [3.63, 3.8) is 0 Å². The average molecular weight is 772 g/mol. The number of benzene rings is 4. The Morgan fingerprint density at radius 2 is 1.11 bits per heavy atom. The third-order valence-corrected chi connectivity index (χ3v) is 7.92. The molecule has 0 fully saturated rings. The zero-order valence-electron chi connectivity index (χ0n) is 27.8. The van der Waals surface area contributed by atoms with Crippen LogP contribution in [0.5, 0.6) is 11.5 Å². The summed E-state index contributed by atoms with van der Waals surface area (Å²) in [5.41, 5.74) is 2.50. The number of nitrogens with one attached hydrogen (secondary N) is 4. The van der Waals surface area contributed by atoms with Gasteiger partial charge >= 0.3 is 12.1 Å². The number of ether oxygens (including phenoxy) is 1. The second kappa shape index (κ2) is 16.4. The number of hydrogen-bond donors (Lipinski definition) is 5. The largest absolute Gasteiger partial charge is 0.507 e. The van der Waals surface area contributed by atoms with Crippen LogP contribution in [0.3, 0.4) is 0 Å². The van der Waals surface area contributed by atoms with E-state index in [1.807, 2.05) is 0 Å². The van der Waals surface area contributed by atoms with E-state index < -0.39 is 35.3 Å². The monoisotopic (exact) mass is 770 g/mol. The Morgan fingerprint density at radius 3 is 1.55 bits per heavy atom. The van der Waals surface area contributed by atoms with Crippen LogP contribution in [-0.4, -0.2) is 43.8 Å². The summed E-state index contributed by atoms with van der Waals surface area (Å²) in [6, 6.07) is 13.5. The molecule has 0 saturated heterocycles. The fraction of sp³-hybridized carbons (Fsp3) is 0.0857. The molecule has 6 aromatic rings. The minimum absolute atomic E-state index is 0.0500. The first-order chi connectivity index (χ1) is 25.2. The lowest BCUT2D eigenvalue weighted by atomic mass is 10.1. The Morgan fingerprint density at radius 1 is 0.660 bits per heavy atom. The van der Waals surface area contributed by atoms with Crippen molar-refractivity contribution < 1.29 is 37.0 Å². The van der Waals surface area contributed by atoms with Crippen molar-refractivity contribution in [2.45, 2.75) is 0 Å². The zero-order valence-corrected chi connectivity index (χ0v) is 29.3. The summed E-state index contributed by atoms with van der Waals surface area (Å²) >= 11 is 12.3. The number of carbonyl (C=O) groups is 2. The summed E-state index contributed by atoms with van der Waals surface area (Å²) in [5, 5.41) is 28.6. The van der Waals surface area contributed by atoms with Crippen LogP contribution in [0.1, 0.15) is 0 Å². The molecular weight excluding hydrogens is 743 g/mol. The summed E-state index contributed by atoms with van der Waals surface area (Å²) in [5.74, 6) is -2.76. The lowest BCUT2D eigenvalue weighted by Gasteiger charge is -2.13. The average Bonchev–Trinajstić information content (AvgIpc) is 3.62. The molecule has 12 nitrogen and oxygen atoms in total. The predicted molar refractivity (Wildman–Crippen MR) is 194 cm³/mol. The summed E-state index contributed by atoms with van der Waals surface area (Å²) in [6.45, 7) is 0. The fourth-order valence-corrected chi connectivity index (χ4v) is 5.49. The highest BCUT2D eigenvalue weighted by Crippen LogP contribution is 2.37. The summed E-state index contributed by atoms with van der Waals surface area (Å²) < 4.78 is 61.5. The van der Waals surface area contributed by atoms with E-state index in [1.54, 1.807) is 37.0 Å². The molecule has 6 rings (SSSR count). The van der Waals surface area contributed by atoms with Gasteiger partial charge in [-0.2, -0.15) is 10.2 Å². The summed E-state index contributed by atoms with van der Waals surface area (Å²) in [6.07, 6.45) is 2.93. The van der Waals surface area contributed by atoms with Gasteiger partial charge in [0.15, 0.2) is 0 Å². The van der Waals surface area contributed by atoms with Crippen molar-refractivity contribution in [1.29, 1.82) is 0 Å². The van der Waals surface area contributed by atoms with E-state index in [0.29, 0.717) is 61.8 Å². The summed E-state index contributed by atoms with van der Waals surface area (Å²) in [4.78, 5) is 24.2. The van der Waals surface area contributed by atoms with E-state index in [0.717, 1.165) is 24.3 Å². The van der Waals surface area contributed by atoms with Crippen LogP contribution in [0.2, 0.25) is 10.0 Å². The Balaban J connectivity index is 0.000000204. The number of amides is 4. The van der Waals surface area contributed by atoms with Crippen LogP contribution in [0.25, 0.3) is 22.5 Å². The van der Waals surface area contributed by atoms with E-state index in [2.05, 4.69) is 31.5 Å². The maximum absolute atomic E-state index is 13.7. The molecule has 5 N–H and O–H groups in total. The lowest BCUT2D eigenvalue weighted by Crippen LogP contribution is -2.20. The number of methoxy groups -OCH3 is 1. The second-order valence-corrected chi connectivity index (χ2v) is 11.8. The number of urea groups is 2. The van der Waals surface area contributed by atoms with Crippen molar-refractivity contribution in [1.82, 2.24) is 19.6 Å². The predicted octanol–water partition coefficient (Wildman–Crippen LogP) is 9.04. The number of aromatic hydroxyl groups is 1. The topological polar surface area (TPSA) is 147 Å². The maximum atomic E-state index is 13.7. The number of phenolic OH excluding ortho intramolecular Hbond substituents is 1. The highest BCUT2D eigenvalue weighted by molar-refractivity contribution is 6.33. The molecule has 0 aliphatic rings. The normalized spacial score (nSPS) is 10.6. The standard InChI is InChI=1S/C18H15ClF2N4O2.C17H13ClF2N4O2/c1-25-17(13(19)9-22-25)12-8-11(4-6-16(12)27-2)23-18(26)24-15-5-3-10(20)7-14(15)21;1-24-16(12(18)8-21-24)11-7-10(3-5-15(11)25)22-17(26)23-14-4-2-9(19)6-13(14)20/h3-9H,1-2H3,(H2,23,24,26);2-8,25H,1H3,(H2,22,23,26). The number of nitrogens with zero attached hydrogens (tertiary/aromatic N) is 4. The highest BCUT2D eigenvalue weighted by Gasteiger charge is 2.18. The van der Waals surface area contributed by atoms with Gasteiger partial charge in [0.2, 0.25) is 0 Å². The molecule has 0 bridgehead atoms. The highest BCUT2D eigenvalue weighted by atomic mass is 35.5. The van der Waals surface area contributed by atoms with Crippen molar-refractivity contribution in [2.24, 2.45) is 14.1 Å². The van der Waals surface area contributed by atoms with E-state index in [-0.39, 0.29) is 17.1 Å². The number of aryl methyl sites for hydroxylation is 2. The number of phenols is 1. The minimum atomic E-state index is -0.895. The van der Waals surface area contributed by atoms with Gasteiger partial charge in [-0.15, -0.1) is 0 Å². The van der Waals surface area contributed by atoms with E-state index in [4.69, 9.17) is 27.9 Å². The molecular formula is C35H28Cl2F4N8O4. The Labute approximate surface area is 308 Å². The van der Waals surface area contributed by atoms with Crippen molar-refractivity contribution >= 4 is 58.0 Å². The lowest BCUT2D eigenvalue weighted by molar-refractivity contribution is 0.261. The molecule has 0 aliphatic carbocycles. The van der Waals surface area contributed by atoms with Crippen LogP contribution in [0, 0.1) is 23.3 Å². The SMILES string of the molecule is COc1ccc(NC(=O)Nc2ccc(F)cc2F)cc1-c1c(Cl)cnn1C.Cn1ncc(Cl)c1-c1cc(NC(=O)Nc2ccc(F)cc2F)ccc1O. The van der Waals surface area contributed by atoms with Gasteiger partial charge in [-0.05, 0) is 60.7 Å². The van der Waals surface area contributed by atoms with Crippen LogP contribution in [0.4, 0.5) is 49.9 Å². The van der Waals surface area contributed by atoms with Crippen LogP contribution >= 0.6 is 23.2 Å². The van der Waals surface area contributed by atoms with Gasteiger partial charge in [0.25, 0.3) is 0 Å². The molecule has 2 aromatic heterocycles. The molecule has 0 spiro atoms. The molecule has 4 amide bonds. The van der Waals surface area contributed by atoms with E-state index in [9.17, 15) is 32.3 Å². The first-order valence-electron chi connectivity index (χ1n) is 15.2. The number of rotatable bonds is 7. The molecule has 0 atom stereocenters. The van der Waals surface area contributed by atoms with Gasteiger partial charge in [0.05, 0.1) is 52.3 Å². The first kappa shape index (κ1) is 38.0. The zero-order chi connectivity index (χ0) is 38.4. The van der Waals surface area contributed by atoms with Crippen molar-refractivity contribution in [3.05, 3.63) is 119 Å². The summed E-state index contributed by atoms with van der Waals surface area (Å²) in [7, 11) is 4.90. The van der Waals surface area contributed by atoms with Gasteiger partial charge in [-0.1, -0.05) is 23.2 Å². The number of anilines is 4. The van der Waals surface area contributed by atoms with Gasteiger partial charge in [0.1, 0.15) is 34.8 Å². The minimum Gasteiger partial charge on any atom is -0.507 e. The molecule has 53 heavy (non-hydrogen) atoms.